The van der Waals surface area contributed by atoms with Gasteiger partial charge in [0.1, 0.15) is 6.61 Å². The van der Waals surface area contributed by atoms with Crippen LogP contribution in [0.25, 0.3) is 0 Å². The van der Waals surface area contributed by atoms with E-state index in [0.717, 1.165) is 12.8 Å². The summed E-state index contributed by atoms with van der Waals surface area (Å²) >= 11 is 0. The summed E-state index contributed by atoms with van der Waals surface area (Å²) in [5.41, 5.74) is -0.244. The van der Waals surface area contributed by atoms with Gasteiger partial charge in [-0.1, -0.05) is 12.8 Å². The summed E-state index contributed by atoms with van der Waals surface area (Å²) in [7, 11) is 0. The maximum atomic E-state index is 5.01. The Hall–Kier alpha value is -0.520. The van der Waals surface area contributed by atoms with Gasteiger partial charge in [0.05, 0.1) is 5.60 Å². The van der Waals surface area contributed by atoms with E-state index in [1.165, 1.54) is 0 Å². The van der Waals surface area contributed by atoms with Crippen LogP contribution in [-0.4, -0.2) is 12.2 Å². The first kappa shape index (κ1) is 11.5. The van der Waals surface area contributed by atoms with Gasteiger partial charge in [-0.25, -0.2) is 9.78 Å². The van der Waals surface area contributed by atoms with Gasteiger partial charge in [0.15, 0.2) is 0 Å². The third kappa shape index (κ3) is 9.48. The van der Waals surface area contributed by atoms with Gasteiger partial charge in [-0.2, -0.15) is 0 Å². The maximum absolute atomic E-state index is 5.01. The van der Waals surface area contributed by atoms with E-state index in [0.29, 0.717) is 6.61 Å². The molecule has 0 bridgehead atoms. The lowest BCUT2D eigenvalue weighted by atomic mass is 10.2. The molecule has 0 aromatic carbocycles. The summed E-state index contributed by atoms with van der Waals surface area (Å²) in [6.07, 6.45) is 2.02. The molecule has 0 N–H and O–H groups in total. The van der Waals surface area contributed by atoms with E-state index in [-0.39, 0.29) is 5.60 Å². The summed E-state index contributed by atoms with van der Waals surface area (Å²) in [5, 5.41) is 0. The molecule has 0 rings (SSSR count). The lowest BCUT2D eigenvalue weighted by molar-refractivity contribution is -0.340. The Morgan fingerprint density at radius 3 is 2.33 bits per heavy atom. The standard InChI is InChI=1S/C10H18O2/c1-5-6-7-8-9-11-12-10(2,3)4/h5-6,9H2,1-4H3. The van der Waals surface area contributed by atoms with Crippen LogP contribution in [0.4, 0.5) is 0 Å². The van der Waals surface area contributed by atoms with E-state index < -0.39 is 0 Å². The van der Waals surface area contributed by atoms with Gasteiger partial charge >= 0.3 is 0 Å². The van der Waals surface area contributed by atoms with Crippen LogP contribution in [0.2, 0.25) is 0 Å². The van der Waals surface area contributed by atoms with Crippen molar-refractivity contribution in [1.82, 2.24) is 0 Å². The topological polar surface area (TPSA) is 18.5 Å². The summed E-state index contributed by atoms with van der Waals surface area (Å²) in [5.74, 6) is 5.83. The van der Waals surface area contributed by atoms with E-state index in [1.807, 2.05) is 20.8 Å². The largest absolute Gasteiger partial charge is 0.230 e. The van der Waals surface area contributed by atoms with Crippen molar-refractivity contribution >= 4 is 0 Å². The molecule has 70 valence electrons. The molecule has 0 amide bonds. The highest BCUT2D eigenvalue weighted by Gasteiger charge is 2.10. The third-order valence-corrected chi connectivity index (χ3v) is 0.940. The molecule has 0 atom stereocenters. The SMILES string of the molecule is CCCC#CCOOC(C)(C)C. The minimum Gasteiger partial charge on any atom is -0.230 e. The summed E-state index contributed by atoms with van der Waals surface area (Å²) in [4.78, 5) is 9.88. The number of rotatable bonds is 3. The highest BCUT2D eigenvalue weighted by atomic mass is 17.2. The van der Waals surface area contributed by atoms with Crippen molar-refractivity contribution < 1.29 is 9.78 Å². The first-order valence-corrected chi connectivity index (χ1v) is 4.32. The van der Waals surface area contributed by atoms with E-state index in [2.05, 4.69) is 18.8 Å². The zero-order valence-corrected chi connectivity index (χ0v) is 8.44. The second-order valence-corrected chi connectivity index (χ2v) is 3.56. The van der Waals surface area contributed by atoms with Crippen LogP contribution in [0.5, 0.6) is 0 Å². The Bertz CT molecular complexity index is 157. The van der Waals surface area contributed by atoms with Crippen molar-refractivity contribution in [2.45, 2.75) is 46.1 Å². The molecule has 0 aromatic heterocycles. The van der Waals surface area contributed by atoms with Gasteiger partial charge in [-0.3, -0.25) is 0 Å². The third-order valence-electron chi connectivity index (χ3n) is 0.940. The summed E-state index contributed by atoms with van der Waals surface area (Å²) in [6.45, 7) is 8.27. The number of hydrogen-bond donors (Lipinski definition) is 0. The van der Waals surface area contributed by atoms with Crippen LogP contribution >= 0.6 is 0 Å². The molecule has 0 fully saturated rings. The van der Waals surface area contributed by atoms with E-state index in [4.69, 9.17) is 9.78 Å². The summed E-state index contributed by atoms with van der Waals surface area (Å²) < 4.78 is 0. The fourth-order valence-corrected chi connectivity index (χ4v) is 0.500. The molecule has 0 aliphatic rings. The molecule has 0 aromatic rings. The van der Waals surface area contributed by atoms with Crippen LogP contribution in [0, 0.1) is 11.8 Å². The average molecular weight is 170 g/mol. The molecule has 0 spiro atoms. The van der Waals surface area contributed by atoms with Crippen molar-refractivity contribution in [3.8, 4) is 11.8 Å². The fraction of sp³-hybridized carbons (Fsp3) is 0.800. The van der Waals surface area contributed by atoms with Crippen LogP contribution in [-0.2, 0) is 9.78 Å². The molecule has 2 nitrogen and oxygen atoms in total. The minimum absolute atomic E-state index is 0.244. The Morgan fingerprint density at radius 2 is 1.83 bits per heavy atom. The summed E-state index contributed by atoms with van der Waals surface area (Å²) in [6, 6.07) is 0. The fourth-order valence-electron chi connectivity index (χ4n) is 0.500. The maximum Gasteiger partial charge on any atom is 0.143 e. The zero-order chi connectivity index (χ0) is 9.45. The normalized spacial score (nSPS) is 10.7. The lowest BCUT2D eigenvalue weighted by Crippen LogP contribution is -2.19. The van der Waals surface area contributed by atoms with Crippen LogP contribution < -0.4 is 0 Å². The van der Waals surface area contributed by atoms with Crippen LogP contribution in [0.1, 0.15) is 40.5 Å². The monoisotopic (exact) mass is 170 g/mol. The quantitative estimate of drug-likeness (QED) is 0.280. The van der Waals surface area contributed by atoms with Gasteiger partial charge < -0.3 is 0 Å². The first-order valence-electron chi connectivity index (χ1n) is 4.32. The molecule has 0 saturated heterocycles. The molecule has 0 radical (unpaired) electrons. The van der Waals surface area contributed by atoms with Gasteiger partial charge in [0, 0.05) is 6.42 Å². The second kappa shape index (κ2) is 6.05. The Balaban J connectivity index is 3.29. The highest BCUT2D eigenvalue weighted by Crippen LogP contribution is 2.06. The van der Waals surface area contributed by atoms with Gasteiger partial charge in [-0.05, 0) is 27.2 Å². The molecule has 0 saturated carbocycles. The predicted molar refractivity (Wildman–Crippen MR) is 49.5 cm³/mol. The second-order valence-electron chi connectivity index (χ2n) is 3.56. The van der Waals surface area contributed by atoms with Gasteiger partial charge in [0.2, 0.25) is 0 Å². The van der Waals surface area contributed by atoms with Crippen molar-refractivity contribution in [2.24, 2.45) is 0 Å². The van der Waals surface area contributed by atoms with E-state index in [9.17, 15) is 0 Å². The highest BCUT2D eigenvalue weighted by molar-refractivity contribution is 4.98. The molecule has 0 aliphatic heterocycles. The van der Waals surface area contributed by atoms with Crippen LogP contribution in [0.3, 0.4) is 0 Å². The van der Waals surface area contributed by atoms with Crippen molar-refractivity contribution in [3.05, 3.63) is 0 Å². The molecule has 0 heterocycles. The van der Waals surface area contributed by atoms with E-state index >= 15 is 0 Å². The zero-order valence-electron chi connectivity index (χ0n) is 8.44. The number of hydrogen-bond acceptors (Lipinski definition) is 2. The van der Waals surface area contributed by atoms with Gasteiger partial charge in [0.25, 0.3) is 0 Å². The Morgan fingerprint density at radius 1 is 1.17 bits per heavy atom. The molecule has 0 unspecified atom stereocenters. The van der Waals surface area contributed by atoms with Gasteiger partial charge in [-0.15, -0.1) is 5.92 Å². The Kier molecular flexibility index (Phi) is 5.79. The molecule has 2 heteroatoms. The molecular weight excluding hydrogens is 152 g/mol. The minimum atomic E-state index is -0.244. The average Bonchev–Trinajstić information content (AvgIpc) is 1.94. The smallest absolute Gasteiger partial charge is 0.143 e. The molecule has 12 heavy (non-hydrogen) atoms. The predicted octanol–water partition coefficient (Wildman–Crippen LogP) is 2.54. The lowest BCUT2D eigenvalue weighted by Gasteiger charge is -2.15. The first-order chi connectivity index (χ1) is 5.56. The van der Waals surface area contributed by atoms with Crippen molar-refractivity contribution in [1.29, 1.82) is 0 Å². The molecular formula is C10H18O2. The van der Waals surface area contributed by atoms with Crippen LogP contribution in [0.15, 0.2) is 0 Å². The Labute approximate surface area is 75.2 Å². The van der Waals surface area contributed by atoms with Crippen molar-refractivity contribution in [3.63, 3.8) is 0 Å². The van der Waals surface area contributed by atoms with E-state index in [1.54, 1.807) is 0 Å². The molecule has 0 aliphatic carbocycles. The number of unbranched alkanes of at least 4 members (excludes halogenated alkanes) is 1. The van der Waals surface area contributed by atoms with Crippen molar-refractivity contribution in [2.75, 3.05) is 6.61 Å².